The highest BCUT2D eigenvalue weighted by molar-refractivity contribution is 5.95. The second-order valence-electron chi connectivity index (χ2n) is 4.67. The van der Waals surface area contributed by atoms with Crippen LogP contribution in [0, 0.1) is 0 Å². The van der Waals surface area contributed by atoms with Crippen molar-refractivity contribution in [2.75, 3.05) is 26.4 Å². The lowest BCUT2D eigenvalue weighted by Gasteiger charge is -2.32. The van der Waals surface area contributed by atoms with Crippen molar-refractivity contribution in [2.24, 2.45) is 0 Å². The zero-order valence-electron chi connectivity index (χ0n) is 10.3. The van der Waals surface area contributed by atoms with E-state index in [0.29, 0.717) is 23.1 Å². The number of nitrogens with zero attached hydrogens (tertiary/aromatic N) is 1. The maximum absolute atomic E-state index is 12.3. The molecule has 2 heterocycles. The third-order valence-corrected chi connectivity index (χ3v) is 3.28. The van der Waals surface area contributed by atoms with Gasteiger partial charge in [-0.1, -0.05) is 0 Å². The van der Waals surface area contributed by atoms with Gasteiger partial charge in [0.15, 0.2) is 11.5 Å². The Morgan fingerprint density at radius 3 is 3.06 bits per heavy atom. The van der Waals surface area contributed by atoms with E-state index in [9.17, 15) is 4.79 Å². The molecule has 18 heavy (non-hydrogen) atoms. The summed E-state index contributed by atoms with van der Waals surface area (Å²) in [5, 5.41) is 3.32. The van der Waals surface area contributed by atoms with Crippen molar-refractivity contribution in [3.05, 3.63) is 23.8 Å². The van der Waals surface area contributed by atoms with Crippen molar-refractivity contribution in [2.45, 2.75) is 13.0 Å². The van der Waals surface area contributed by atoms with Gasteiger partial charge in [-0.05, 0) is 25.1 Å². The summed E-state index contributed by atoms with van der Waals surface area (Å²) in [7, 11) is 0. The van der Waals surface area contributed by atoms with Gasteiger partial charge in [-0.15, -0.1) is 0 Å². The molecule has 0 spiro atoms. The van der Waals surface area contributed by atoms with Crippen molar-refractivity contribution in [1.29, 1.82) is 0 Å². The van der Waals surface area contributed by atoms with Crippen LogP contribution in [0.5, 0.6) is 11.5 Å². The number of rotatable bonds is 1. The molecule has 5 heteroatoms. The number of amides is 1. The first-order chi connectivity index (χ1) is 8.74. The fourth-order valence-electron chi connectivity index (χ4n) is 2.33. The van der Waals surface area contributed by atoms with Gasteiger partial charge in [0.25, 0.3) is 5.91 Å². The summed E-state index contributed by atoms with van der Waals surface area (Å²) in [4.78, 5) is 14.2. The maximum atomic E-state index is 12.3. The lowest BCUT2D eigenvalue weighted by atomic mass is 10.1. The monoisotopic (exact) mass is 248 g/mol. The molecule has 1 N–H and O–H groups in total. The first kappa shape index (κ1) is 11.3. The summed E-state index contributed by atoms with van der Waals surface area (Å²) < 4.78 is 10.5. The van der Waals surface area contributed by atoms with Crippen LogP contribution in [0.4, 0.5) is 0 Å². The van der Waals surface area contributed by atoms with E-state index in [-0.39, 0.29) is 12.7 Å². The topological polar surface area (TPSA) is 50.8 Å². The van der Waals surface area contributed by atoms with Crippen molar-refractivity contribution < 1.29 is 14.3 Å². The van der Waals surface area contributed by atoms with Crippen LogP contribution in [-0.2, 0) is 0 Å². The molecule has 5 nitrogen and oxygen atoms in total. The lowest BCUT2D eigenvalue weighted by Crippen LogP contribution is -2.51. The zero-order chi connectivity index (χ0) is 12.5. The summed E-state index contributed by atoms with van der Waals surface area (Å²) in [6.07, 6.45) is 0. The molecule has 96 valence electrons. The molecule has 1 amide bonds. The van der Waals surface area contributed by atoms with Crippen molar-refractivity contribution in [1.82, 2.24) is 10.2 Å². The quantitative estimate of drug-likeness (QED) is 0.800. The van der Waals surface area contributed by atoms with Crippen molar-refractivity contribution in [3.8, 4) is 11.5 Å². The van der Waals surface area contributed by atoms with Gasteiger partial charge in [-0.2, -0.15) is 0 Å². The Bertz CT molecular complexity index is 475. The van der Waals surface area contributed by atoms with Gasteiger partial charge >= 0.3 is 0 Å². The van der Waals surface area contributed by atoms with Crippen LogP contribution in [0.25, 0.3) is 0 Å². The molecule has 0 bridgehead atoms. The Hall–Kier alpha value is -1.75. The summed E-state index contributed by atoms with van der Waals surface area (Å²) in [5.74, 6) is 1.42. The highest BCUT2D eigenvalue weighted by Gasteiger charge is 2.23. The van der Waals surface area contributed by atoms with E-state index in [1.807, 2.05) is 4.90 Å². The summed E-state index contributed by atoms with van der Waals surface area (Å²) >= 11 is 0. The van der Waals surface area contributed by atoms with Crippen molar-refractivity contribution >= 4 is 5.91 Å². The second-order valence-corrected chi connectivity index (χ2v) is 4.67. The molecule has 1 aromatic carbocycles. The fraction of sp³-hybridized carbons (Fsp3) is 0.462. The van der Waals surface area contributed by atoms with Gasteiger partial charge < -0.3 is 19.7 Å². The number of hydrogen-bond acceptors (Lipinski definition) is 4. The van der Waals surface area contributed by atoms with Crippen LogP contribution < -0.4 is 14.8 Å². The molecule has 0 radical (unpaired) electrons. The van der Waals surface area contributed by atoms with E-state index >= 15 is 0 Å². The Morgan fingerprint density at radius 1 is 1.39 bits per heavy atom. The van der Waals surface area contributed by atoms with E-state index in [0.717, 1.165) is 19.6 Å². The largest absolute Gasteiger partial charge is 0.454 e. The number of nitrogens with one attached hydrogen (secondary N) is 1. The predicted octanol–water partition coefficient (Wildman–Crippen LogP) is 0.849. The number of carbonyl (C=O) groups excluding carboxylic acids is 1. The first-order valence-corrected chi connectivity index (χ1v) is 6.16. The number of hydrogen-bond donors (Lipinski definition) is 1. The maximum Gasteiger partial charge on any atom is 0.254 e. The van der Waals surface area contributed by atoms with Crippen LogP contribution in [0.2, 0.25) is 0 Å². The minimum atomic E-state index is 0.0571. The molecule has 0 saturated carbocycles. The Labute approximate surface area is 106 Å². The highest BCUT2D eigenvalue weighted by Crippen LogP contribution is 2.32. The molecule has 0 aliphatic carbocycles. The molecule has 2 aliphatic heterocycles. The molecule has 0 aromatic heterocycles. The Balaban J connectivity index is 1.79. The van der Waals surface area contributed by atoms with Gasteiger partial charge in [0, 0.05) is 31.2 Å². The second kappa shape index (κ2) is 4.49. The van der Waals surface area contributed by atoms with E-state index in [1.165, 1.54) is 0 Å². The highest BCUT2D eigenvalue weighted by atomic mass is 16.7. The predicted molar refractivity (Wildman–Crippen MR) is 65.9 cm³/mol. The third kappa shape index (κ3) is 2.01. The minimum Gasteiger partial charge on any atom is -0.454 e. The average molecular weight is 248 g/mol. The van der Waals surface area contributed by atoms with Crippen LogP contribution in [0.3, 0.4) is 0 Å². The molecule has 1 saturated heterocycles. The summed E-state index contributed by atoms with van der Waals surface area (Å²) in [6, 6.07) is 5.69. The van der Waals surface area contributed by atoms with Crippen LogP contribution in [0.15, 0.2) is 18.2 Å². The zero-order valence-corrected chi connectivity index (χ0v) is 10.3. The summed E-state index contributed by atoms with van der Waals surface area (Å²) in [6.45, 7) is 4.65. The Morgan fingerprint density at radius 2 is 2.22 bits per heavy atom. The normalized spacial score (nSPS) is 22.1. The third-order valence-electron chi connectivity index (χ3n) is 3.28. The number of piperazine rings is 1. The SMILES string of the molecule is C[C@H]1CN(C(=O)c2ccc3c(c2)OCO3)CCN1. The summed E-state index contributed by atoms with van der Waals surface area (Å²) in [5.41, 5.74) is 0.661. The fourth-order valence-corrected chi connectivity index (χ4v) is 2.33. The van der Waals surface area contributed by atoms with Gasteiger partial charge in [0.1, 0.15) is 0 Å². The van der Waals surface area contributed by atoms with E-state index in [4.69, 9.17) is 9.47 Å². The van der Waals surface area contributed by atoms with E-state index in [2.05, 4.69) is 12.2 Å². The van der Waals surface area contributed by atoms with E-state index < -0.39 is 0 Å². The average Bonchev–Trinajstić information content (AvgIpc) is 2.85. The number of ether oxygens (including phenoxy) is 2. The number of benzene rings is 1. The van der Waals surface area contributed by atoms with Crippen LogP contribution in [0.1, 0.15) is 17.3 Å². The first-order valence-electron chi connectivity index (χ1n) is 6.16. The molecule has 1 fully saturated rings. The number of fused-ring (bicyclic) bond motifs is 1. The van der Waals surface area contributed by atoms with Crippen LogP contribution in [-0.4, -0.2) is 43.3 Å². The molecular formula is C13H16N2O3. The van der Waals surface area contributed by atoms with Crippen molar-refractivity contribution in [3.63, 3.8) is 0 Å². The molecular weight excluding hydrogens is 232 g/mol. The van der Waals surface area contributed by atoms with Gasteiger partial charge in [-0.25, -0.2) is 0 Å². The van der Waals surface area contributed by atoms with Gasteiger partial charge in [0.05, 0.1) is 0 Å². The standard InChI is InChI=1S/C13H16N2O3/c1-9-7-15(5-4-14-9)13(16)10-2-3-11-12(6-10)18-8-17-11/h2-3,6,9,14H,4-5,7-8H2,1H3/t9-/m0/s1. The smallest absolute Gasteiger partial charge is 0.254 e. The molecule has 1 atom stereocenters. The molecule has 0 unspecified atom stereocenters. The van der Waals surface area contributed by atoms with Crippen LogP contribution >= 0.6 is 0 Å². The lowest BCUT2D eigenvalue weighted by molar-refractivity contribution is 0.0708. The van der Waals surface area contributed by atoms with Gasteiger partial charge in [0.2, 0.25) is 6.79 Å². The molecule has 1 aromatic rings. The molecule has 2 aliphatic rings. The number of carbonyl (C=O) groups is 1. The van der Waals surface area contributed by atoms with Gasteiger partial charge in [-0.3, -0.25) is 4.79 Å². The molecule has 3 rings (SSSR count). The van der Waals surface area contributed by atoms with E-state index in [1.54, 1.807) is 18.2 Å². The minimum absolute atomic E-state index is 0.0571. The Kier molecular flexibility index (Phi) is 2.83.